The van der Waals surface area contributed by atoms with E-state index in [-0.39, 0.29) is 11.9 Å². The SMILES string of the molecule is NC(N)=NC(=O)[C@H](Cc1cccc2ccccc12)c1cccc2ccccc12. The fraction of sp³-hybridized carbons (Fsp3) is 0.0833. The van der Waals surface area contributed by atoms with E-state index < -0.39 is 5.92 Å². The van der Waals surface area contributed by atoms with Gasteiger partial charge in [0.1, 0.15) is 0 Å². The quantitative estimate of drug-likeness (QED) is 0.420. The molecule has 4 N–H and O–H groups in total. The summed E-state index contributed by atoms with van der Waals surface area (Å²) in [5.74, 6) is -1.02. The Morgan fingerprint density at radius 2 is 1.32 bits per heavy atom. The monoisotopic (exact) mass is 367 g/mol. The van der Waals surface area contributed by atoms with Crippen molar-refractivity contribution in [2.75, 3.05) is 0 Å². The largest absolute Gasteiger partial charge is 0.370 e. The molecule has 4 rings (SSSR count). The zero-order valence-electron chi connectivity index (χ0n) is 15.4. The molecule has 138 valence electrons. The smallest absolute Gasteiger partial charge is 0.256 e. The van der Waals surface area contributed by atoms with Crippen LogP contribution in [-0.4, -0.2) is 11.9 Å². The minimum Gasteiger partial charge on any atom is -0.370 e. The van der Waals surface area contributed by atoms with Crippen molar-refractivity contribution in [2.24, 2.45) is 16.5 Å². The van der Waals surface area contributed by atoms with Gasteiger partial charge in [-0.1, -0.05) is 84.9 Å². The minimum atomic E-state index is -0.473. The van der Waals surface area contributed by atoms with Crippen LogP contribution in [0.25, 0.3) is 21.5 Å². The lowest BCUT2D eigenvalue weighted by molar-refractivity contribution is -0.119. The van der Waals surface area contributed by atoms with Crippen LogP contribution in [-0.2, 0) is 11.2 Å². The van der Waals surface area contributed by atoms with Crippen molar-refractivity contribution >= 4 is 33.4 Å². The van der Waals surface area contributed by atoms with Gasteiger partial charge in [0, 0.05) is 0 Å². The molecule has 0 heterocycles. The van der Waals surface area contributed by atoms with Gasteiger partial charge in [-0.15, -0.1) is 0 Å². The number of aliphatic imine (C=N–C) groups is 1. The summed E-state index contributed by atoms with van der Waals surface area (Å²) < 4.78 is 0. The average molecular weight is 367 g/mol. The molecule has 0 saturated carbocycles. The van der Waals surface area contributed by atoms with Crippen molar-refractivity contribution in [3.8, 4) is 0 Å². The molecule has 4 nitrogen and oxygen atoms in total. The highest BCUT2D eigenvalue weighted by Gasteiger charge is 2.23. The van der Waals surface area contributed by atoms with Crippen LogP contribution in [0.3, 0.4) is 0 Å². The molecule has 4 heteroatoms. The van der Waals surface area contributed by atoms with Gasteiger partial charge in [-0.3, -0.25) is 4.79 Å². The molecule has 0 aliphatic heterocycles. The Labute approximate surface area is 163 Å². The molecule has 1 atom stereocenters. The second kappa shape index (κ2) is 7.53. The molecular formula is C24H21N3O. The van der Waals surface area contributed by atoms with E-state index >= 15 is 0 Å². The maximum atomic E-state index is 13.0. The summed E-state index contributed by atoms with van der Waals surface area (Å²) in [6.07, 6.45) is 0.519. The summed E-state index contributed by atoms with van der Waals surface area (Å²) in [7, 11) is 0. The zero-order chi connectivity index (χ0) is 19.5. The summed E-state index contributed by atoms with van der Waals surface area (Å²) >= 11 is 0. The van der Waals surface area contributed by atoms with Crippen molar-refractivity contribution < 1.29 is 4.79 Å². The van der Waals surface area contributed by atoms with Crippen LogP contribution in [0.5, 0.6) is 0 Å². The van der Waals surface area contributed by atoms with E-state index in [2.05, 4.69) is 29.3 Å². The summed E-state index contributed by atoms with van der Waals surface area (Å²) in [5, 5.41) is 4.40. The fourth-order valence-electron chi connectivity index (χ4n) is 3.78. The van der Waals surface area contributed by atoms with Crippen LogP contribution in [0, 0.1) is 0 Å². The third kappa shape index (κ3) is 3.45. The van der Waals surface area contributed by atoms with E-state index in [1.54, 1.807) is 0 Å². The Hall–Kier alpha value is -3.66. The number of nitrogens with two attached hydrogens (primary N) is 2. The topological polar surface area (TPSA) is 81.5 Å². The van der Waals surface area contributed by atoms with E-state index in [1.165, 1.54) is 0 Å². The number of hydrogen-bond acceptors (Lipinski definition) is 1. The highest BCUT2D eigenvalue weighted by Crippen LogP contribution is 2.31. The Kier molecular flexibility index (Phi) is 4.77. The predicted molar refractivity (Wildman–Crippen MR) is 115 cm³/mol. The predicted octanol–water partition coefficient (Wildman–Crippen LogP) is 4.12. The number of hydrogen-bond donors (Lipinski definition) is 2. The normalized spacial score (nSPS) is 12.0. The molecule has 0 spiro atoms. The molecule has 1 amide bonds. The number of amides is 1. The first kappa shape index (κ1) is 17.7. The van der Waals surface area contributed by atoms with Crippen LogP contribution in [0.15, 0.2) is 89.9 Å². The van der Waals surface area contributed by atoms with Gasteiger partial charge >= 0.3 is 0 Å². The molecule has 0 aliphatic carbocycles. The molecule has 4 aromatic carbocycles. The Bertz CT molecular complexity index is 1180. The molecule has 0 fully saturated rings. The third-order valence-corrected chi connectivity index (χ3v) is 5.04. The average Bonchev–Trinajstić information content (AvgIpc) is 2.71. The number of fused-ring (bicyclic) bond motifs is 2. The van der Waals surface area contributed by atoms with Gasteiger partial charge in [0.25, 0.3) is 5.91 Å². The van der Waals surface area contributed by atoms with Crippen molar-refractivity contribution in [1.82, 2.24) is 0 Å². The van der Waals surface area contributed by atoms with Crippen molar-refractivity contribution in [3.05, 3.63) is 96.1 Å². The minimum absolute atomic E-state index is 0.215. The molecule has 28 heavy (non-hydrogen) atoms. The zero-order valence-corrected chi connectivity index (χ0v) is 15.4. The maximum absolute atomic E-state index is 13.0. The van der Waals surface area contributed by atoms with Crippen molar-refractivity contribution in [3.63, 3.8) is 0 Å². The van der Waals surface area contributed by atoms with E-state index in [9.17, 15) is 4.79 Å². The lowest BCUT2D eigenvalue weighted by Crippen LogP contribution is -2.26. The van der Waals surface area contributed by atoms with Gasteiger partial charge in [-0.2, -0.15) is 4.99 Å². The number of nitrogens with zero attached hydrogens (tertiary/aromatic N) is 1. The van der Waals surface area contributed by atoms with E-state index in [0.717, 1.165) is 32.7 Å². The highest BCUT2D eigenvalue weighted by molar-refractivity contribution is 5.99. The first-order valence-electron chi connectivity index (χ1n) is 9.21. The van der Waals surface area contributed by atoms with Gasteiger partial charge in [0.05, 0.1) is 5.92 Å². The molecule has 0 aromatic heterocycles. The fourth-order valence-corrected chi connectivity index (χ4v) is 3.78. The second-order valence-electron chi connectivity index (χ2n) is 6.84. The Morgan fingerprint density at radius 1 is 0.750 bits per heavy atom. The van der Waals surface area contributed by atoms with E-state index in [0.29, 0.717) is 6.42 Å². The number of benzene rings is 4. The summed E-state index contributed by atoms with van der Waals surface area (Å²) in [6.45, 7) is 0. The Morgan fingerprint density at radius 3 is 2.04 bits per heavy atom. The van der Waals surface area contributed by atoms with E-state index in [4.69, 9.17) is 11.5 Å². The lowest BCUT2D eigenvalue weighted by Gasteiger charge is -2.18. The van der Waals surface area contributed by atoms with Crippen LogP contribution in [0.2, 0.25) is 0 Å². The highest BCUT2D eigenvalue weighted by atomic mass is 16.1. The van der Waals surface area contributed by atoms with Crippen molar-refractivity contribution in [2.45, 2.75) is 12.3 Å². The summed E-state index contributed by atoms with van der Waals surface area (Å²) in [5.41, 5.74) is 13.0. The van der Waals surface area contributed by atoms with Crippen LogP contribution in [0.1, 0.15) is 17.0 Å². The van der Waals surface area contributed by atoms with Crippen LogP contribution >= 0.6 is 0 Å². The molecule has 0 radical (unpaired) electrons. The van der Waals surface area contributed by atoms with E-state index in [1.807, 2.05) is 60.7 Å². The maximum Gasteiger partial charge on any atom is 0.256 e. The molecular weight excluding hydrogens is 346 g/mol. The molecule has 0 aliphatic rings. The lowest BCUT2D eigenvalue weighted by atomic mass is 9.86. The molecule has 0 saturated heterocycles. The number of guanidine groups is 1. The van der Waals surface area contributed by atoms with Gasteiger partial charge in [-0.05, 0) is 39.1 Å². The van der Waals surface area contributed by atoms with Crippen LogP contribution < -0.4 is 11.5 Å². The summed E-state index contributed by atoms with van der Waals surface area (Å²) in [6, 6.07) is 28.4. The summed E-state index contributed by atoms with van der Waals surface area (Å²) in [4.78, 5) is 16.9. The van der Waals surface area contributed by atoms with Gasteiger partial charge in [0.2, 0.25) is 0 Å². The standard InChI is InChI=1S/C24H21N3O/c25-24(26)27-23(28)22(21-14-6-10-17-8-2-4-13-20(17)21)15-18-11-5-9-16-7-1-3-12-19(16)18/h1-14,22H,15H2,(H4,25,26,27,28)/t22-/m1/s1. The van der Waals surface area contributed by atoms with Crippen molar-refractivity contribution in [1.29, 1.82) is 0 Å². The third-order valence-electron chi connectivity index (χ3n) is 5.04. The number of carbonyl (C=O) groups is 1. The van der Waals surface area contributed by atoms with Gasteiger partial charge in [0.15, 0.2) is 5.96 Å². The Balaban J connectivity index is 1.86. The van der Waals surface area contributed by atoms with Gasteiger partial charge < -0.3 is 11.5 Å². The molecule has 4 aromatic rings. The number of carbonyl (C=O) groups excluding carboxylic acids is 1. The second-order valence-corrected chi connectivity index (χ2v) is 6.84. The van der Waals surface area contributed by atoms with Gasteiger partial charge in [-0.25, -0.2) is 0 Å². The first-order chi connectivity index (χ1) is 13.6. The molecule has 0 unspecified atom stereocenters. The van der Waals surface area contributed by atoms with Crippen LogP contribution in [0.4, 0.5) is 0 Å². The molecule has 0 bridgehead atoms. The first-order valence-corrected chi connectivity index (χ1v) is 9.21. The number of rotatable bonds is 4.